The van der Waals surface area contributed by atoms with Crippen molar-refractivity contribution in [2.24, 2.45) is 0 Å². The van der Waals surface area contributed by atoms with Gasteiger partial charge in [-0.2, -0.15) is 17.0 Å². The summed E-state index contributed by atoms with van der Waals surface area (Å²) in [6, 6.07) is 11.0. The molecule has 0 radical (unpaired) electrons. The maximum absolute atomic E-state index is 12.0. The second kappa shape index (κ2) is 11.0. The second-order valence-electron chi connectivity index (χ2n) is 4.20. The quantitative estimate of drug-likeness (QED) is 0.378. The molecule has 1 rings (SSSR count). The fourth-order valence-electron chi connectivity index (χ4n) is 1.53. The van der Waals surface area contributed by atoms with E-state index in [4.69, 9.17) is 14.7 Å². The number of benzene rings is 1. The first-order chi connectivity index (χ1) is 10.3. The zero-order chi connectivity index (χ0) is 15.3. The highest BCUT2D eigenvalue weighted by Crippen LogP contribution is 2.11. The van der Waals surface area contributed by atoms with Crippen LogP contribution < -0.4 is 0 Å². The smallest absolute Gasteiger partial charge is 0.338 e. The molecule has 21 heavy (non-hydrogen) atoms. The number of rotatable bonds is 10. The maximum atomic E-state index is 12.0. The average Bonchev–Trinajstić information content (AvgIpc) is 2.52. The highest BCUT2D eigenvalue weighted by atomic mass is 32.2. The van der Waals surface area contributed by atoms with Crippen molar-refractivity contribution >= 4 is 17.7 Å². The monoisotopic (exact) mass is 305 g/mol. The molecule has 0 aliphatic carbocycles. The van der Waals surface area contributed by atoms with Gasteiger partial charge >= 0.3 is 5.97 Å². The minimum absolute atomic E-state index is 0.324. The Morgan fingerprint density at radius 2 is 2.19 bits per heavy atom. The SMILES string of the molecule is C=CCOCC(CSCCC#N)OC(=O)c1ccccc1. The lowest BCUT2D eigenvalue weighted by molar-refractivity contribution is 0.00842. The Morgan fingerprint density at radius 1 is 1.43 bits per heavy atom. The van der Waals surface area contributed by atoms with Crippen molar-refractivity contribution in [2.75, 3.05) is 24.7 Å². The molecular weight excluding hydrogens is 286 g/mol. The number of nitriles is 1. The number of hydrogen-bond donors (Lipinski definition) is 0. The van der Waals surface area contributed by atoms with Crippen LogP contribution in [0.15, 0.2) is 43.0 Å². The van der Waals surface area contributed by atoms with E-state index < -0.39 is 0 Å². The fourth-order valence-corrected chi connectivity index (χ4v) is 2.35. The number of ether oxygens (including phenoxy) is 2. The van der Waals surface area contributed by atoms with Crippen molar-refractivity contribution in [2.45, 2.75) is 12.5 Å². The van der Waals surface area contributed by atoms with E-state index in [0.717, 1.165) is 5.75 Å². The normalized spacial score (nSPS) is 11.4. The summed E-state index contributed by atoms with van der Waals surface area (Å²) >= 11 is 1.58. The minimum atomic E-state index is -0.358. The van der Waals surface area contributed by atoms with Crippen LogP contribution in [0, 0.1) is 11.3 Å². The number of nitrogens with zero attached hydrogens (tertiary/aromatic N) is 1. The van der Waals surface area contributed by atoms with Gasteiger partial charge in [0, 0.05) is 17.9 Å². The Balaban J connectivity index is 2.48. The van der Waals surface area contributed by atoms with Crippen LogP contribution in [-0.4, -0.2) is 36.8 Å². The van der Waals surface area contributed by atoms with Crippen LogP contribution in [0.5, 0.6) is 0 Å². The van der Waals surface area contributed by atoms with Gasteiger partial charge in [-0.15, -0.1) is 6.58 Å². The first-order valence-corrected chi connectivity index (χ1v) is 7.82. The van der Waals surface area contributed by atoms with Gasteiger partial charge in [-0.25, -0.2) is 4.79 Å². The lowest BCUT2D eigenvalue weighted by atomic mass is 10.2. The molecule has 112 valence electrons. The van der Waals surface area contributed by atoms with Crippen LogP contribution in [0.1, 0.15) is 16.8 Å². The summed E-state index contributed by atoms with van der Waals surface area (Å²) in [7, 11) is 0. The molecule has 4 nitrogen and oxygen atoms in total. The number of esters is 1. The van der Waals surface area contributed by atoms with E-state index in [1.807, 2.05) is 6.07 Å². The summed E-state index contributed by atoms with van der Waals surface area (Å²) in [5, 5.41) is 8.51. The molecular formula is C16H19NO3S. The molecule has 1 aromatic rings. The molecule has 0 amide bonds. The number of carbonyl (C=O) groups is 1. The Kier molecular flexibility index (Phi) is 9.01. The van der Waals surface area contributed by atoms with E-state index in [9.17, 15) is 4.79 Å². The van der Waals surface area contributed by atoms with E-state index in [-0.39, 0.29) is 12.1 Å². The largest absolute Gasteiger partial charge is 0.455 e. The molecule has 0 aliphatic rings. The number of carbonyl (C=O) groups excluding carboxylic acids is 1. The van der Waals surface area contributed by atoms with Gasteiger partial charge in [0.1, 0.15) is 6.10 Å². The number of thioether (sulfide) groups is 1. The summed E-state index contributed by atoms with van der Waals surface area (Å²) in [5.74, 6) is 0.970. The minimum Gasteiger partial charge on any atom is -0.455 e. The second-order valence-corrected chi connectivity index (χ2v) is 5.35. The first-order valence-electron chi connectivity index (χ1n) is 6.67. The van der Waals surface area contributed by atoms with Crippen LogP contribution in [0.3, 0.4) is 0 Å². The Hall–Kier alpha value is -1.77. The molecule has 0 aliphatic heterocycles. The summed E-state index contributed by atoms with van der Waals surface area (Å²) in [5.41, 5.74) is 0.522. The summed E-state index contributed by atoms with van der Waals surface area (Å²) < 4.78 is 10.8. The van der Waals surface area contributed by atoms with Crippen molar-refractivity contribution in [3.05, 3.63) is 48.6 Å². The predicted molar refractivity (Wildman–Crippen MR) is 84.2 cm³/mol. The number of hydrogen-bond acceptors (Lipinski definition) is 5. The van der Waals surface area contributed by atoms with Gasteiger partial charge in [-0.3, -0.25) is 0 Å². The lowest BCUT2D eigenvalue weighted by Gasteiger charge is -2.17. The molecule has 5 heteroatoms. The van der Waals surface area contributed by atoms with Crippen molar-refractivity contribution in [1.29, 1.82) is 5.26 Å². The molecule has 0 aromatic heterocycles. The van der Waals surface area contributed by atoms with E-state index in [0.29, 0.717) is 31.0 Å². The van der Waals surface area contributed by atoms with E-state index in [2.05, 4.69) is 12.6 Å². The fraction of sp³-hybridized carbons (Fsp3) is 0.375. The highest BCUT2D eigenvalue weighted by molar-refractivity contribution is 7.99. The van der Waals surface area contributed by atoms with Crippen molar-refractivity contribution < 1.29 is 14.3 Å². The predicted octanol–water partition coefficient (Wildman–Crippen LogP) is 3.06. The third-order valence-corrected chi connectivity index (χ3v) is 3.58. The van der Waals surface area contributed by atoms with Crippen LogP contribution in [0.4, 0.5) is 0 Å². The van der Waals surface area contributed by atoms with E-state index in [1.54, 1.807) is 42.1 Å². The van der Waals surface area contributed by atoms with Crippen molar-refractivity contribution in [1.82, 2.24) is 0 Å². The Morgan fingerprint density at radius 3 is 2.86 bits per heavy atom. The zero-order valence-corrected chi connectivity index (χ0v) is 12.7. The first kappa shape index (κ1) is 17.3. The summed E-state index contributed by atoms with van der Waals surface area (Å²) in [6.45, 7) is 4.32. The molecule has 0 saturated heterocycles. The third kappa shape index (κ3) is 7.54. The Bertz CT molecular complexity index is 470. The van der Waals surface area contributed by atoms with Crippen molar-refractivity contribution in [3.63, 3.8) is 0 Å². The van der Waals surface area contributed by atoms with Gasteiger partial charge in [0.2, 0.25) is 0 Å². The van der Waals surface area contributed by atoms with Gasteiger partial charge in [0.05, 0.1) is 24.8 Å². The Labute approximate surface area is 129 Å². The van der Waals surface area contributed by atoms with Crippen molar-refractivity contribution in [3.8, 4) is 6.07 Å². The van der Waals surface area contributed by atoms with E-state index >= 15 is 0 Å². The van der Waals surface area contributed by atoms with Gasteiger partial charge in [0.25, 0.3) is 0 Å². The molecule has 1 unspecified atom stereocenters. The van der Waals surface area contributed by atoms with Gasteiger partial charge in [0.15, 0.2) is 0 Å². The van der Waals surface area contributed by atoms with Gasteiger partial charge in [-0.05, 0) is 12.1 Å². The standard InChI is InChI=1S/C16H19NO3S/c1-2-10-19-12-15(13-21-11-6-9-17)20-16(18)14-7-4-3-5-8-14/h2-5,7-8,15H,1,6,10-13H2. The summed E-state index contributed by atoms with van der Waals surface area (Å²) in [4.78, 5) is 12.0. The molecule has 0 fully saturated rings. The van der Waals surface area contributed by atoms with Crippen LogP contribution in [-0.2, 0) is 9.47 Å². The maximum Gasteiger partial charge on any atom is 0.338 e. The topological polar surface area (TPSA) is 59.3 Å². The molecule has 0 spiro atoms. The zero-order valence-electron chi connectivity index (χ0n) is 11.9. The molecule has 0 N–H and O–H groups in total. The van der Waals surface area contributed by atoms with Gasteiger partial charge < -0.3 is 9.47 Å². The highest BCUT2D eigenvalue weighted by Gasteiger charge is 2.16. The molecule has 0 saturated carbocycles. The van der Waals surface area contributed by atoms with Gasteiger partial charge in [-0.1, -0.05) is 24.3 Å². The molecule has 1 atom stereocenters. The van der Waals surface area contributed by atoms with Crippen LogP contribution in [0.25, 0.3) is 0 Å². The molecule has 1 aromatic carbocycles. The molecule has 0 heterocycles. The van der Waals surface area contributed by atoms with Crippen LogP contribution in [0.2, 0.25) is 0 Å². The third-order valence-electron chi connectivity index (χ3n) is 2.48. The van der Waals surface area contributed by atoms with E-state index in [1.165, 1.54) is 0 Å². The van der Waals surface area contributed by atoms with Crippen LogP contribution >= 0.6 is 11.8 Å². The summed E-state index contributed by atoms with van der Waals surface area (Å²) in [6.07, 6.45) is 1.80. The average molecular weight is 305 g/mol. The lowest BCUT2D eigenvalue weighted by Crippen LogP contribution is -2.26. The molecule has 0 bridgehead atoms.